The van der Waals surface area contributed by atoms with Gasteiger partial charge < -0.3 is 15.5 Å². The maximum Gasteiger partial charge on any atom is 0.220 e. The summed E-state index contributed by atoms with van der Waals surface area (Å²) >= 11 is 0. The fourth-order valence-corrected chi connectivity index (χ4v) is 5.40. The van der Waals surface area contributed by atoms with Gasteiger partial charge in [0.15, 0.2) is 0 Å². The van der Waals surface area contributed by atoms with Crippen LogP contribution in [0, 0.1) is 0 Å². The van der Waals surface area contributed by atoms with E-state index in [1.54, 1.807) is 6.08 Å². The molecule has 0 saturated heterocycles. The van der Waals surface area contributed by atoms with Crippen LogP contribution in [-0.4, -0.2) is 34.9 Å². The largest absolute Gasteiger partial charge is 0.394 e. The average Bonchev–Trinajstić information content (AvgIpc) is 3.07. The molecule has 4 nitrogen and oxygen atoms in total. The van der Waals surface area contributed by atoms with Crippen molar-refractivity contribution in [3.8, 4) is 0 Å². The third-order valence-corrected chi connectivity index (χ3v) is 8.40. The molecule has 0 bridgehead atoms. The van der Waals surface area contributed by atoms with Crippen LogP contribution in [0.15, 0.2) is 72.9 Å². The Balaban J connectivity index is 3.61. The first-order valence-electron chi connectivity index (χ1n) is 19.7. The maximum absolute atomic E-state index is 12.3. The summed E-state index contributed by atoms with van der Waals surface area (Å²) in [6.07, 6.45) is 54.3. The van der Waals surface area contributed by atoms with Gasteiger partial charge in [0.2, 0.25) is 5.91 Å². The summed E-state index contributed by atoms with van der Waals surface area (Å²) < 4.78 is 0. The Morgan fingerprint density at radius 1 is 0.532 bits per heavy atom. The molecule has 4 heteroatoms. The summed E-state index contributed by atoms with van der Waals surface area (Å²) in [7, 11) is 0. The molecule has 270 valence electrons. The standard InChI is InChI=1S/C43H75NO3/c1-3-5-7-9-11-13-15-16-17-18-19-20-21-22-23-24-25-26-27-28-29-31-33-35-37-39-43(47)44-41(40-45)42(46)38-36-34-32-30-14-12-10-8-6-4-2/h6,8,14-16,18-19,21-22,30,36,38,41-42,45-46H,3-5,7,9-13,17,20,23-29,31-35,37,39-40H2,1-2H3,(H,44,47)/b8-6+,16-15-,19-18-,22-21-,30-14+,38-36+. The van der Waals surface area contributed by atoms with Gasteiger partial charge in [-0.05, 0) is 77.0 Å². The van der Waals surface area contributed by atoms with E-state index in [0.717, 1.165) is 57.8 Å². The minimum Gasteiger partial charge on any atom is -0.394 e. The Bertz CT molecular complexity index is 838. The van der Waals surface area contributed by atoms with Crippen molar-refractivity contribution in [1.29, 1.82) is 0 Å². The van der Waals surface area contributed by atoms with Gasteiger partial charge in [-0.1, -0.05) is 164 Å². The smallest absolute Gasteiger partial charge is 0.220 e. The van der Waals surface area contributed by atoms with Crippen LogP contribution in [-0.2, 0) is 4.79 Å². The van der Waals surface area contributed by atoms with E-state index in [0.29, 0.717) is 6.42 Å². The van der Waals surface area contributed by atoms with E-state index < -0.39 is 12.1 Å². The Kier molecular flexibility index (Phi) is 36.5. The van der Waals surface area contributed by atoms with E-state index in [1.165, 1.54) is 96.3 Å². The van der Waals surface area contributed by atoms with Crippen molar-refractivity contribution in [2.75, 3.05) is 6.61 Å². The summed E-state index contributed by atoms with van der Waals surface area (Å²) in [4.78, 5) is 12.3. The van der Waals surface area contributed by atoms with E-state index >= 15 is 0 Å². The number of aliphatic hydroxyl groups is 2. The number of aliphatic hydroxyl groups excluding tert-OH is 2. The second-order valence-corrected chi connectivity index (χ2v) is 12.9. The molecule has 2 atom stereocenters. The van der Waals surface area contributed by atoms with Crippen molar-refractivity contribution in [3.63, 3.8) is 0 Å². The molecule has 0 aliphatic carbocycles. The van der Waals surface area contributed by atoms with E-state index in [-0.39, 0.29) is 12.5 Å². The Labute approximate surface area is 291 Å². The van der Waals surface area contributed by atoms with Crippen LogP contribution in [0.3, 0.4) is 0 Å². The fourth-order valence-electron chi connectivity index (χ4n) is 5.40. The first kappa shape index (κ1) is 44.8. The fraction of sp³-hybridized carbons (Fsp3) is 0.698. The van der Waals surface area contributed by atoms with Gasteiger partial charge in [-0.3, -0.25) is 4.79 Å². The van der Waals surface area contributed by atoms with Crippen molar-refractivity contribution in [2.45, 2.75) is 187 Å². The highest BCUT2D eigenvalue weighted by Crippen LogP contribution is 2.13. The molecule has 47 heavy (non-hydrogen) atoms. The van der Waals surface area contributed by atoms with Gasteiger partial charge in [-0.25, -0.2) is 0 Å². The van der Waals surface area contributed by atoms with Crippen LogP contribution >= 0.6 is 0 Å². The Hall–Kier alpha value is -2.17. The molecule has 0 aromatic rings. The predicted octanol–water partition coefficient (Wildman–Crippen LogP) is 12.0. The molecule has 3 N–H and O–H groups in total. The zero-order valence-electron chi connectivity index (χ0n) is 30.8. The van der Waals surface area contributed by atoms with E-state index in [1.807, 2.05) is 6.08 Å². The monoisotopic (exact) mass is 654 g/mol. The van der Waals surface area contributed by atoms with Crippen LogP contribution in [0.4, 0.5) is 0 Å². The first-order valence-corrected chi connectivity index (χ1v) is 19.7. The van der Waals surface area contributed by atoms with Crippen molar-refractivity contribution < 1.29 is 15.0 Å². The number of nitrogens with one attached hydrogen (secondary N) is 1. The minimum atomic E-state index is -0.872. The van der Waals surface area contributed by atoms with Gasteiger partial charge in [-0.2, -0.15) is 0 Å². The molecule has 0 saturated carbocycles. The molecular formula is C43H75NO3. The minimum absolute atomic E-state index is 0.0885. The highest BCUT2D eigenvalue weighted by molar-refractivity contribution is 5.76. The highest BCUT2D eigenvalue weighted by atomic mass is 16.3. The van der Waals surface area contributed by atoms with Crippen molar-refractivity contribution >= 4 is 5.91 Å². The molecule has 0 aromatic carbocycles. The molecular weight excluding hydrogens is 578 g/mol. The number of unbranched alkanes of at least 4 members (excludes halogenated alkanes) is 17. The van der Waals surface area contributed by atoms with Crippen LogP contribution in [0.5, 0.6) is 0 Å². The summed E-state index contributed by atoms with van der Waals surface area (Å²) in [6.45, 7) is 4.14. The number of carbonyl (C=O) groups excluding carboxylic acids is 1. The number of amides is 1. The second-order valence-electron chi connectivity index (χ2n) is 12.9. The average molecular weight is 654 g/mol. The van der Waals surface area contributed by atoms with Gasteiger partial charge in [0.1, 0.15) is 0 Å². The van der Waals surface area contributed by atoms with Crippen molar-refractivity contribution in [3.05, 3.63) is 72.9 Å². The van der Waals surface area contributed by atoms with Crippen LogP contribution < -0.4 is 5.32 Å². The number of rotatable bonds is 34. The molecule has 0 spiro atoms. The number of allylic oxidation sites excluding steroid dienone is 11. The highest BCUT2D eigenvalue weighted by Gasteiger charge is 2.17. The van der Waals surface area contributed by atoms with Crippen LogP contribution in [0.25, 0.3) is 0 Å². The lowest BCUT2D eigenvalue weighted by Crippen LogP contribution is -2.45. The maximum atomic E-state index is 12.3. The van der Waals surface area contributed by atoms with E-state index in [2.05, 4.69) is 79.9 Å². The quantitative estimate of drug-likeness (QED) is 0.0478. The summed E-state index contributed by atoms with van der Waals surface area (Å²) in [5.74, 6) is -0.0885. The van der Waals surface area contributed by atoms with Gasteiger partial charge in [-0.15, -0.1) is 0 Å². The topological polar surface area (TPSA) is 69.6 Å². The molecule has 0 fully saturated rings. The Morgan fingerprint density at radius 2 is 0.957 bits per heavy atom. The third-order valence-electron chi connectivity index (χ3n) is 8.40. The molecule has 0 aromatic heterocycles. The predicted molar refractivity (Wildman–Crippen MR) is 207 cm³/mol. The van der Waals surface area contributed by atoms with Gasteiger partial charge in [0.25, 0.3) is 0 Å². The molecule has 0 heterocycles. The summed E-state index contributed by atoms with van der Waals surface area (Å²) in [5.41, 5.74) is 0. The summed E-state index contributed by atoms with van der Waals surface area (Å²) in [5, 5.41) is 22.8. The van der Waals surface area contributed by atoms with Gasteiger partial charge in [0.05, 0.1) is 18.8 Å². The second kappa shape index (κ2) is 38.3. The zero-order valence-corrected chi connectivity index (χ0v) is 30.8. The van der Waals surface area contributed by atoms with Gasteiger partial charge >= 0.3 is 0 Å². The number of hydrogen-bond donors (Lipinski definition) is 3. The van der Waals surface area contributed by atoms with Gasteiger partial charge in [0, 0.05) is 6.42 Å². The molecule has 0 aliphatic rings. The van der Waals surface area contributed by atoms with Crippen molar-refractivity contribution in [2.24, 2.45) is 0 Å². The van der Waals surface area contributed by atoms with Crippen LogP contribution in [0.1, 0.15) is 174 Å². The van der Waals surface area contributed by atoms with Crippen LogP contribution in [0.2, 0.25) is 0 Å². The first-order chi connectivity index (χ1) is 23.2. The number of hydrogen-bond acceptors (Lipinski definition) is 3. The van der Waals surface area contributed by atoms with E-state index in [9.17, 15) is 15.0 Å². The Morgan fingerprint density at radius 3 is 1.47 bits per heavy atom. The lowest BCUT2D eigenvalue weighted by molar-refractivity contribution is -0.123. The molecule has 1 amide bonds. The normalized spacial score (nSPS) is 13.9. The third kappa shape index (κ3) is 35.0. The van der Waals surface area contributed by atoms with Crippen molar-refractivity contribution in [1.82, 2.24) is 5.32 Å². The molecule has 0 rings (SSSR count). The molecule has 0 aliphatic heterocycles. The number of carbonyl (C=O) groups is 1. The molecule has 2 unspecified atom stereocenters. The SMILES string of the molecule is CC/C=C/CC/C=C/CC/C=C/C(O)C(CO)NC(=O)CCCCCCCCCCCC/C=C\C/C=C\C/C=C\CCCCCCC. The molecule has 0 radical (unpaired) electrons. The van der Waals surface area contributed by atoms with E-state index in [4.69, 9.17) is 0 Å². The zero-order chi connectivity index (χ0) is 34.3. The summed E-state index contributed by atoms with van der Waals surface area (Å²) in [6, 6.07) is -0.648. The lowest BCUT2D eigenvalue weighted by atomic mass is 10.0. The lowest BCUT2D eigenvalue weighted by Gasteiger charge is -2.19.